The molecule has 2 aliphatic heterocycles. The van der Waals surface area contributed by atoms with Crippen LogP contribution in [0.2, 0.25) is 0 Å². The van der Waals surface area contributed by atoms with Crippen LogP contribution in [-0.4, -0.2) is 171 Å². The van der Waals surface area contributed by atoms with Gasteiger partial charge in [0.05, 0.1) is 70.3 Å². The number of phenols is 2. The Kier molecular flexibility index (Phi) is 20.1. The van der Waals surface area contributed by atoms with E-state index in [-0.39, 0.29) is 81.4 Å². The molecule has 0 amide bonds. The Labute approximate surface area is 589 Å². The number of phenolic OH excluding ortho intramolecular Hbond substituents is 2. The van der Waals surface area contributed by atoms with Crippen LogP contribution in [0.5, 0.6) is 11.5 Å². The van der Waals surface area contributed by atoms with Crippen molar-refractivity contribution in [2.45, 2.75) is 29.4 Å². The van der Waals surface area contributed by atoms with Crippen LogP contribution in [0.4, 0.5) is 81.2 Å². The lowest BCUT2D eigenvalue weighted by molar-refractivity contribution is 0.122. The fourth-order valence-electron chi connectivity index (χ4n) is 10.7. The third kappa shape index (κ3) is 16.4. The Hall–Kier alpha value is -11.0. The van der Waals surface area contributed by atoms with Gasteiger partial charge in [-0.1, -0.05) is 72.8 Å². The van der Waals surface area contributed by atoms with Gasteiger partial charge in [0, 0.05) is 37.0 Å². The lowest BCUT2D eigenvalue weighted by Crippen LogP contribution is -2.37. The number of morpholine rings is 2. The Morgan fingerprint density at radius 2 is 0.769 bits per heavy atom. The SMILES string of the molecule is O=S(=O)(O)c1cc(Nc2nc(Nc3ccc(C=Cc4ccccc4S(=O)(=O)O)c(S(=O)(=O)O)c3Nc3nc(Nc4cc(S(=O)(=O)O)cc5cc(S(=O)(=O)O)c(N=Nc6ccccc6)c(O)c45)nc(N4CCOCC4)n3)nc(N3CCOCC3)n2)c2c(O)c(N=Nc3ccccc3)c(S(=O)(=O)O)cc2c1. The minimum atomic E-state index is -5.64. The number of hydrogen-bond acceptors (Lipinski definition) is 32. The second-order valence-electron chi connectivity index (χ2n) is 22.2. The molecule has 12 rings (SSSR count). The fourth-order valence-corrected chi connectivity index (χ4v) is 14.6. The van der Waals surface area contributed by atoms with Gasteiger partial charge in [0.1, 0.15) is 31.0 Å². The maximum absolute atomic E-state index is 14.3. The molecule has 2 aromatic heterocycles. The van der Waals surface area contributed by atoms with E-state index >= 15 is 0 Å². The normalized spacial score (nSPS) is 14.4. The van der Waals surface area contributed by atoms with Gasteiger partial charge < -0.3 is 50.8 Å². The van der Waals surface area contributed by atoms with Crippen LogP contribution in [0.15, 0.2) is 183 Å². The van der Waals surface area contributed by atoms with Crippen molar-refractivity contribution in [3.63, 3.8) is 0 Å². The second kappa shape index (κ2) is 28.7. The quantitative estimate of drug-likeness (QED) is 0.0171. The third-order valence-corrected chi connectivity index (χ3v) is 20.6. The molecule has 2 aliphatic rings. The molecule has 44 heteroatoms. The van der Waals surface area contributed by atoms with Crippen molar-refractivity contribution in [3.8, 4) is 11.5 Å². The minimum Gasteiger partial charge on any atom is -0.505 e. The van der Waals surface area contributed by atoms with E-state index in [1.165, 1.54) is 48.5 Å². The largest absolute Gasteiger partial charge is 0.505 e. The molecule has 0 radical (unpaired) electrons. The van der Waals surface area contributed by atoms with Crippen molar-refractivity contribution < 1.29 is 97.5 Å². The van der Waals surface area contributed by atoms with Crippen molar-refractivity contribution in [2.75, 3.05) is 83.7 Å². The van der Waals surface area contributed by atoms with Crippen LogP contribution in [0.3, 0.4) is 0 Å². The predicted molar refractivity (Wildman–Crippen MR) is 372 cm³/mol. The summed E-state index contributed by atoms with van der Waals surface area (Å²) in [6.07, 6.45) is 2.12. The highest BCUT2D eigenvalue weighted by atomic mass is 32.2. The van der Waals surface area contributed by atoms with Crippen LogP contribution in [-0.2, 0) is 70.2 Å². The highest BCUT2D eigenvalue weighted by Crippen LogP contribution is 2.48. The lowest BCUT2D eigenvalue weighted by Gasteiger charge is -2.27. The molecule has 2 fully saturated rings. The van der Waals surface area contributed by atoms with Gasteiger partial charge in [0.2, 0.25) is 35.7 Å². The van der Waals surface area contributed by atoms with Gasteiger partial charge in [-0.25, -0.2) is 0 Å². The lowest BCUT2D eigenvalue weighted by atomic mass is 10.1. The topological polar surface area (TPSA) is 567 Å². The summed E-state index contributed by atoms with van der Waals surface area (Å²) in [5.74, 6) is -4.87. The van der Waals surface area contributed by atoms with E-state index in [0.29, 0.717) is 0 Å². The van der Waals surface area contributed by atoms with Gasteiger partial charge in [-0.2, -0.15) is 90.6 Å². The number of benzene rings is 8. The molecule has 104 heavy (non-hydrogen) atoms. The maximum atomic E-state index is 14.3. The zero-order valence-electron chi connectivity index (χ0n) is 52.6. The highest BCUT2D eigenvalue weighted by molar-refractivity contribution is 7.87. The molecule has 0 bridgehead atoms. The molecule has 38 nitrogen and oxygen atoms in total. The molecule has 2 saturated heterocycles. The van der Waals surface area contributed by atoms with Crippen molar-refractivity contribution in [2.24, 2.45) is 20.5 Å². The van der Waals surface area contributed by atoms with E-state index in [1.807, 2.05) is 0 Å². The number of ether oxygens (including phenoxy) is 2. The van der Waals surface area contributed by atoms with E-state index < -0.39 is 187 Å². The number of nitrogens with one attached hydrogen (secondary N) is 4. The number of aromatic nitrogens is 6. The fraction of sp³-hybridized carbons (Fsp3) is 0.133. The monoisotopic (exact) mass is 1540 g/mol. The Morgan fingerprint density at radius 3 is 1.17 bits per heavy atom. The number of nitrogens with zero attached hydrogens (tertiary/aromatic N) is 12. The first kappa shape index (κ1) is 72.8. The molecule has 8 aromatic carbocycles. The van der Waals surface area contributed by atoms with E-state index in [9.17, 15) is 88.0 Å². The summed E-state index contributed by atoms with van der Waals surface area (Å²) in [7, 11) is -31.7. The predicted octanol–water partition coefficient (Wildman–Crippen LogP) is 8.90. The standard InChI is InChI=1S/C60H52N16O22S6/c77-52-47-35(29-45(102(88,89)90)50(52)73-71-37-10-3-1-4-11-37)27-39(99(79,80)81)31-42(47)62-56-65-55(67-59(68-56)75-19-23-97-24-20-75)61-41-18-17-34(16-15-33-9-7-8-14-44(33)101(85,86)87)54(104(94,95)96)49(41)64-58-66-57(69-60(70-58)76-21-25-98-26-22-76)63-43-32-40(100(82,83)84)28-36-30-46(103(91,92)93)51(53(78)48(36)43)74-72-38-12-5-2-6-13-38/h1-18,27-32,77-78H,19-26H2,(H,79,80,81)(H,82,83,84)(H,85,86,87)(H,88,89,90)(H,91,92,93)(H,94,95,96)(H2,61,62,65,67,68)(H2,63,64,66,69,70). The zero-order chi connectivity index (χ0) is 74.3. The Bertz CT molecular complexity index is 5950. The zero-order valence-corrected chi connectivity index (χ0v) is 57.5. The summed E-state index contributed by atoms with van der Waals surface area (Å²) in [5.41, 5.74) is -4.19. The molecular formula is C60H52N16O22S6. The van der Waals surface area contributed by atoms with Crippen molar-refractivity contribution in [3.05, 3.63) is 145 Å². The molecule has 0 spiro atoms. The van der Waals surface area contributed by atoms with Gasteiger partial charge in [-0.05, 0) is 94.7 Å². The molecule has 0 saturated carbocycles. The average Bonchev–Trinajstić information content (AvgIpc) is 0.754. The summed E-state index contributed by atoms with van der Waals surface area (Å²) in [6, 6.07) is 27.2. The van der Waals surface area contributed by atoms with Crippen LogP contribution in [0.25, 0.3) is 33.7 Å². The van der Waals surface area contributed by atoms with Gasteiger partial charge >= 0.3 is 0 Å². The number of anilines is 10. The van der Waals surface area contributed by atoms with Gasteiger partial charge in [0.15, 0.2) is 11.5 Å². The summed E-state index contributed by atoms with van der Waals surface area (Å²) < 4.78 is 232. The Morgan fingerprint density at radius 1 is 0.385 bits per heavy atom. The molecule has 540 valence electrons. The average molecular weight is 1540 g/mol. The van der Waals surface area contributed by atoms with Crippen molar-refractivity contribution in [1.29, 1.82) is 0 Å². The first-order valence-corrected chi connectivity index (χ1v) is 38.4. The van der Waals surface area contributed by atoms with Crippen LogP contribution in [0, 0.1) is 0 Å². The van der Waals surface area contributed by atoms with Gasteiger partial charge in [-0.15, -0.1) is 10.2 Å². The second-order valence-corrected chi connectivity index (χ2v) is 30.6. The number of azo groups is 2. The Balaban J connectivity index is 1.05. The third-order valence-electron chi connectivity index (χ3n) is 15.3. The summed E-state index contributed by atoms with van der Waals surface area (Å²) in [5, 5.41) is 49.3. The maximum Gasteiger partial charge on any atom is 0.297 e. The number of rotatable bonds is 22. The smallest absolute Gasteiger partial charge is 0.297 e. The van der Waals surface area contributed by atoms with E-state index in [1.54, 1.807) is 46.2 Å². The van der Waals surface area contributed by atoms with Crippen LogP contribution < -0.4 is 31.1 Å². The molecular weight excluding hydrogens is 1490 g/mol. The molecule has 0 aliphatic carbocycles. The summed E-state index contributed by atoms with van der Waals surface area (Å²) in [4.78, 5) is 24.7. The number of hydrogen-bond donors (Lipinski definition) is 12. The summed E-state index contributed by atoms with van der Waals surface area (Å²) in [6.45, 7) is 0.697. The van der Waals surface area contributed by atoms with Gasteiger partial charge in [0.25, 0.3) is 60.7 Å². The molecule has 0 unspecified atom stereocenters. The molecule has 0 atom stereocenters. The van der Waals surface area contributed by atoms with Gasteiger partial charge in [-0.3, -0.25) is 27.3 Å². The van der Waals surface area contributed by atoms with E-state index in [2.05, 4.69) is 71.6 Å². The van der Waals surface area contributed by atoms with Crippen molar-refractivity contribution >= 4 is 176 Å². The first-order chi connectivity index (χ1) is 49.1. The van der Waals surface area contributed by atoms with Crippen LogP contribution in [0.1, 0.15) is 11.1 Å². The molecule has 12 N–H and O–H groups in total. The van der Waals surface area contributed by atoms with Crippen LogP contribution >= 0.6 is 0 Å². The minimum absolute atomic E-state index is 0.0658. The first-order valence-electron chi connectivity index (χ1n) is 29.8. The molecule has 4 heterocycles. The number of fused-ring (bicyclic) bond motifs is 2. The number of aromatic hydroxyl groups is 2. The van der Waals surface area contributed by atoms with E-state index in [4.69, 9.17) is 9.47 Å². The highest BCUT2D eigenvalue weighted by Gasteiger charge is 2.32. The summed E-state index contributed by atoms with van der Waals surface area (Å²) >= 11 is 0. The molecule has 10 aromatic rings. The van der Waals surface area contributed by atoms with Crippen molar-refractivity contribution in [1.82, 2.24) is 29.9 Å². The van der Waals surface area contributed by atoms with E-state index in [0.717, 1.165) is 60.7 Å².